The van der Waals surface area contributed by atoms with E-state index in [0.29, 0.717) is 6.04 Å². The molecule has 2 unspecified atom stereocenters. The van der Waals surface area contributed by atoms with E-state index in [1.54, 1.807) is 0 Å². The van der Waals surface area contributed by atoms with Crippen molar-refractivity contribution in [1.29, 1.82) is 0 Å². The van der Waals surface area contributed by atoms with Crippen molar-refractivity contribution < 1.29 is 5.11 Å². The Kier molecular flexibility index (Phi) is 9.35. The van der Waals surface area contributed by atoms with Gasteiger partial charge in [-0.05, 0) is 44.5 Å². The second-order valence-electron chi connectivity index (χ2n) is 6.89. The van der Waals surface area contributed by atoms with Crippen molar-refractivity contribution in [2.45, 2.75) is 38.0 Å². The molecule has 0 aliphatic carbocycles. The number of aliphatic hydroxyl groups excluding tert-OH is 1. The molecule has 142 valence electrons. The maximum atomic E-state index is 10.1. The van der Waals surface area contributed by atoms with Gasteiger partial charge in [-0.15, -0.1) is 0 Å². The molecule has 0 heterocycles. The van der Waals surface area contributed by atoms with Crippen LogP contribution in [-0.2, 0) is 12.8 Å². The molecule has 0 fully saturated rings. The van der Waals surface area contributed by atoms with Crippen molar-refractivity contribution in [3.05, 3.63) is 71.8 Å². The van der Waals surface area contributed by atoms with E-state index in [1.165, 1.54) is 11.1 Å². The first kappa shape index (κ1) is 20.6. The lowest BCUT2D eigenvalue weighted by Gasteiger charge is -2.26. The zero-order valence-corrected chi connectivity index (χ0v) is 16.0. The van der Waals surface area contributed by atoms with Crippen LogP contribution in [0.1, 0.15) is 18.1 Å². The highest BCUT2D eigenvalue weighted by Crippen LogP contribution is 2.04. The highest BCUT2D eigenvalue weighted by Gasteiger charge is 2.16. The van der Waals surface area contributed by atoms with E-state index in [4.69, 9.17) is 0 Å². The van der Waals surface area contributed by atoms with Gasteiger partial charge in [-0.2, -0.15) is 0 Å². The molecule has 2 aromatic carbocycles. The maximum absolute atomic E-state index is 10.1. The van der Waals surface area contributed by atoms with E-state index in [1.807, 2.05) is 26.1 Å². The molecule has 4 nitrogen and oxygen atoms in total. The van der Waals surface area contributed by atoms with Gasteiger partial charge < -0.3 is 21.1 Å². The number of rotatable bonds is 12. The third kappa shape index (κ3) is 7.67. The van der Waals surface area contributed by atoms with Crippen LogP contribution in [0.25, 0.3) is 0 Å². The molecule has 0 aliphatic heterocycles. The summed E-state index contributed by atoms with van der Waals surface area (Å²) in [4.78, 5) is 0. The van der Waals surface area contributed by atoms with Gasteiger partial charge in [0.05, 0.1) is 6.10 Å². The SMILES string of the molecule is CNC[C@H](Cc1ccccc1)NCC(NCCc1ccccc1)C(C)O. The monoisotopic (exact) mass is 355 g/mol. The number of benzene rings is 2. The van der Waals surface area contributed by atoms with Gasteiger partial charge >= 0.3 is 0 Å². The van der Waals surface area contributed by atoms with Crippen LogP contribution in [0.15, 0.2) is 60.7 Å². The van der Waals surface area contributed by atoms with Crippen LogP contribution < -0.4 is 16.0 Å². The Morgan fingerprint density at radius 1 is 0.846 bits per heavy atom. The molecule has 0 saturated carbocycles. The normalized spacial score (nSPS) is 14.7. The fourth-order valence-corrected chi connectivity index (χ4v) is 3.12. The number of hydrogen-bond acceptors (Lipinski definition) is 4. The summed E-state index contributed by atoms with van der Waals surface area (Å²) in [5.74, 6) is 0. The van der Waals surface area contributed by atoms with Gasteiger partial charge in [-0.3, -0.25) is 0 Å². The standard InChI is InChI=1S/C22H33N3O/c1-18(26)22(24-14-13-19-9-5-3-6-10-19)17-25-21(16-23-2)15-20-11-7-4-8-12-20/h3-12,18,21-26H,13-17H2,1-2H3/t18?,21-,22?/m0/s1. The van der Waals surface area contributed by atoms with Crippen molar-refractivity contribution in [1.82, 2.24) is 16.0 Å². The van der Waals surface area contributed by atoms with Crippen LogP contribution in [0.2, 0.25) is 0 Å². The molecule has 3 atom stereocenters. The van der Waals surface area contributed by atoms with Gasteiger partial charge in [0.25, 0.3) is 0 Å². The van der Waals surface area contributed by atoms with Crippen LogP contribution in [0.3, 0.4) is 0 Å². The second-order valence-corrected chi connectivity index (χ2v) is 6.89. The summed E-state index contributed by atoms with van der Waals surface area (Å²) in [5.41, 5.74) is 2.64. The largest absolute Gasteiger partial charge is 0.392 e. The fourth-order valence-electron chi connectivity index (χ4n) is 3.12. The quantitative estimate of drug-likeness (QED) is 0.470. The van der Waals surface area contributed by atoms with Gasteiger partial charge in [0.2, 0.25) is 0 Å². The first-order chi connectivity index (χ1) is 12.7. The molecule has 0 bridgehead atoms. The van der Waals surface area contributed by atoms with Gasteiger partial charge in [-0.25, -0.2) is 0 Å². The number of hydrogen-bond donors (Lipinski definition) is 4. The van der Waals surface area contributed by atoms with Gasteiger partial charge in [0.1, 0.15) is 0 Å². The lowest BCUT2D eigenvalue weighted by Crippen LogP contribution is -2.50. The minimum atomic E-state index is -0.398. The average Bonchev–Trinajstić information content (AvgIpc) is 2.66. The molecule has 0 amide bonds. The smallest absolute Gasteiger partial charge is 0.0677 e. The number of nitrogens with one attached hydrogen (secondary N) is 3. The molecule has 0 aliphatic rings. The van der Waals surface area contributed by atoms with Gasteiger partial charge in [0.15, 0.2) is 0 Å². The van der Waals surface area contributed by atoms with Crippen molar-refractivity contribution in [3.8, 4) is 0 Å². The van der Waals surface area contributed by atoms with E-state index in [-0.39, 0.29) is 6.04 Å². The maximum Gasteiger partial charge on any atom is 0.0677 e. The molecule has 2 aromatic rings. The van der Waals surface area contributed by atoms with Crippen molar-refractivity contribution in [2.75, 3.05) is 26.7 Å². The topological polar surface area (TPSA) is 56.3 Å². The Bertz CT molecular complexity index is 589. The molecular weight excluding hydrogens is 322 g/mol. The highest BCUT2D eigenvalue weighted by atomic mass is 16.3. The van der Waals surface area contributed by atoms with E-state index in [0.717, 1.165) is 32.5 Å². The first-order valence-corrected chi connectivity index (χ1v) is 9.56. The zero-order chi connectivity index (χ0) is 18.6. The number of aliphatic hydroxyl groups is 1. The summed E-state index contributed by atoms with van der Waals surface area (Å²) in [6.07, 6.45) is 1.54. The third-order valence-corrected chi connectivity index (χ3v) is 4.65. The van der Waals surface area contributed by atoms with E-state index < -0.39 is 6.10 Å². The Morgan fingerprint density at radius 2 is 1.46 bits per heavy atom. The average molecular weight is 356 g/mol. The lowest BCUT2D eigenvalue weighted by molar-refractivity contribution is 0.142. The molecule has 0 aromatic heterocycles. The molecule has 4 heteroatoms. The van der Waals surface area contributed by atoms with Crippen LogP contribution >= 0.6 is 0 Å². The van der Waals surface area contributed by atoms with E-state index >= 15 is 0 Å². The summed E-state index contributed by atoms with van der Waals surface area (Å²) < 4.78 is 0. The zero-order valence-electron chi connectivity index (χ0n) is 16.0. The summed E-state index contributed by atoms with van der Waals surface area (Å²) in [7, 11) is 1.98. The molecule has 4 N–H and O–H groups in total. The molecular formula is C22H33N3O. The third-order valence-electron chi connectivity index (χ3n) is 4.65. The van der Waals surface area contributed by atoms with Gasteiger partial charge in [0, 0.05) is 25.2 Å². The van der Waals surface area contributed by atoms with Crippen LogP contribution in [0.4, 0.5) is 0 Å². The van der Waals surface area contributed by atoms with Gasteiger partial charge in [-0.1, -0.05) is 60.7 Å². The fraction of sp³-hybridized carbons (Fsp3) is 0.455. The van der Waals surface area contributed by atoms with Crippen molar-refractivity contribution in [2.24, 2.45) is 0 Å². The predicted octanol–water partition coefficient (Wildman–Crippen LogP) is 1.99. The van der Waals surface area contributed by atoms with Crippen LogP contribution in [-0.4, -0.2) is 50.0 Å². The molecule has 26 heavy (non-hydrogen) atoms. The summed E-state index contributed by atoms with van der Waals surface area (Å²) in [6, 6.07) is 21.3. The molecule has 0 saturated heterocycles. The highest BCUT2D eigenvalue weighted by molar-refractivity contribution is 5.16. The molecule has 0 spiro atoms. The number of likely N-dealkylation sites (N-methyl/N-ethyl adjacent to an activating group) is 1. The van der Waals surface area contributed by atoms with Crippen LogP contribution in [0.5, 0.6) is 0 Å². The predicted molar refractivity (Wildman–Crippen MR) is 109 cm³/mol. The Hall–Kier alpha value is -1.72. The summed E-state index contributed by atoms with van der Waals surface area (Å²) >= 11 is 0. The van der Waals surface area contributed by atoms with E-state index in [9.17, 15) is 5.11 Å². The van der Waals surface area contributed by atoms with Crippen molar-refractivity contribution >= 4 is 0 Å². The summed E-state index contributed by atoms with van der Waals surface area (Å²) in [6.45, 7) is 4.35. The minimum absolute atomic E-state index is 0.0360. The minimum Gasteiger partial charge on any atom is -0.392 e. The molecule has 0 radical (unpaired) electrons. The summed E-state index contributed by atoms with van der Waals surface area (Å²) in [5, 5.41) is 20.5. The first-order valence-electron chi connectivity index (χ1n) is 9.56. The lowest BCUT2D eigenvalue weighted by atomic mass is 10.0. The Balaban J connectivity index is 1.80. The Morgan fingerprint density at radius 3 is 2.04 bits per heavy atom. The van der Waals surface area contributed by atoms with Crippen LogP contribution in [0, 0.1) is 0 Å². The second kappa shape index (κ2) is 11.8. The Labute approximate surface area is 158 Å². The molecule has 2 rings (SSSR count). The van der Waals surface area contributed by atoms with Crippen molar-refractivity contribution in [3.63, 3.8) is 0 Å². The van der Waals surface area contributed by atoms with E-state index in [2.05, 4.69) is 64.5 Å².